The fraction of sp³-hybridized carbons (Fsp3) is 0.240. The number of aryl methyl sites for hydroxylation is 1. The zero-order chi connectivity index (χ0) is 25.0. The van der Waals surface area contributed by atoms with Gasteiger partial charge in [-0.25, -0.2) is 12.8 Å². The maximum atomic E-state index is 14.0. The third kappa shape index (κ3) is 5.55. The van der Waals surface area contributed by atoms with Crippen LogP contribution in [0.25, 0.3) is 0 Å². The van der Waals surface area contributed by atoms with Crippen molar-refractivity contribution in [3.05, 3.63) is 83.4 Å². The number of anilines is 2. The molecule has 0 unspecified atom stereocenters. The van der Waals surface area contributed by atoms with Crippen LogP contribution in [-0.2, 0) is 10.0 Å². The van der Waals surface area contributed by atoms with E-state index in [4.69, 9.17) is 0 Å². The fourth-order valence-corrected chi connectivity index (χ4v) is 5.64. The van der Waals surface area contributed by atoms with Crippen molar-refractivity contribution in [2.75, 3.05) is 23.7 Å². The molecule has 8 nitrogen and oxygen atoms in total. The standard InChI is InChI=1S/C25H25FN4O4S/c1-17-8-9-18(15-23(17)35(33,34)30-13-5-2-6-14-30)24(31)29-22-16-19(26)10-11-20(22)28-25(32)21-7-3-4-12-27-21/h3-4,7-12,15-16H,2,5-6,13-14H2,1H3,(H,28,32)(H,29,31). The van der Waals surface area contributed by atoms with E-state index in [0.29, 0.717) is 18.7 Å². The Morgan fingerprint density at radius 1 is 0.914 bits per heavy atom. The van der Waals surface area contributed by atoms with Gasteiger partial charge in [-0.15, -0.1) is 0 Å². The molecule has 2 heterocycles. The molecule has 1 fully saturated rings. The largest absolute Gasteiger partial charge is 0.320 e. The Kier molecular flexibility index (Phi) is 7.23. The van der Waals surface area contributed by atoms with Gasteiger partial charge in [-0.3, -0.25) is 14.6 Å². The Morgan fingerprint density at radius 2 is 1.66 bits per heavy atom. The van der Waals surface area contributed by atoms with Gasteiger partial charge in [0.1, 0.15) is 11.5 Å². The van der Waals surface area contributed by atoms with Gasteiger partial charge < -0.3 is 10.6 Å². The van der Waals surface area contributed by atoms with Crippen molar-refractivity contribution in [3.8, 4) is 0 Å². The van der Waals surface area contributed by atoms with Gasteiger partial charge >= 0.3 is 0 Å². The van der Waals surface area contributed by atoms with Gasteiger partial charge in [0.25, 0.3) is 11.8 Å². The Labute approximate surface area is 203 Å². The van der Waals surface area contributed by atoms with Gasteiger partial charge in [0.05, 0.1) is 16.3 Å². The third-order valence-electron chi connectivity index (χ3n) is 5.76. The number of aromatic nitrogens is 1. The summed E-state index contributed by atoms with van der Waals surface area (Å²) in [5, 5.41) is 5.19. The number of nitrogens with one attached hydrogen (secondary N) is 2. The number of carbonyl (C=O) groups excluding carboxylic acids is 2. The first kappa shape index (κ1) is 24.5. The number of hydrogen-bond acceptors (Lipinski definition) is 5. The van der Waals surface area contributed by atoms with Gasteiger partial charge in [0.2, 0.25) is 10.0 Å². The summed E-state index contributed by atoms with van der Waals surface area (Å²) in [5.74, 6) is -1.79. The highest BCUT2D eigenvalue weighted by molar-refractivity contribution is 7.89. The molecule has 0 saturated carbocycles. The van der Waals surface area contributed by atoms with Crippen LogP contribution < -0.4 is 10.6 Å². The third-order valence-corrected chi connectivity index (χ3v) is 7.80. The van der Waals surface area contributed by atoms with Crippen molar-refractivity contribution >= 4 is 33.2 Å². The van der Waals surface area contributed by atoms with Crippen LogP contribution in [0.15, 0.2) is 65.7 Å². The molecule has 1 saturated heterocycles. The SMILES string of the molecule is Cc1ccc(C(=O)Nc2cc(F)ccc2NC(=O)c2ccccn2)cc1S(=O)(=O)N1CCCCC1. The Hall–Kier alpha value is -3.63. The van der Waals surface area contributed by atoms with Gasteiger partial charge in [-0.1, -0.05) is 18.6 Å². The van der Waals surface area contributed by atoms with E-state index in [-0.39, 0.29) is 27.5 Å². The number of carbonyl (C=O) groups is 2. The first-order chi connectivity index (χ1) is 16.8. The molecular weight excluding hydrogens is 471 g/mol. The summed E-state index contributed by atoms with van der Waals surface area (Å²) in [6.45, 7) is 2.57. The summed E-state index contributed by atoms with van der Waals surface area (Å²) in [6.07, 6.45) is 4.05. The minimum Gasteiger partial charge on any atom is -0.320 e. The van der Waals surface area contributed by atoms with Crippen LogP contribution in [0.2, 0.25) is 0 Å². The van der Waals surface area contributed by atoms with Crippen LogP contribution in [0.5, 0.6) is 0 Å². The molecular formula is C25H25FN4O4S. The minimum absolute atomic E-state index is 0.0280. The zero-order valence-corrected chi connectivity index (χ0v) is 19.9. The molecule has 35 heavy (non-hydrogen) atoms. The lowest BCUT2D eigenvalue weighted by Crippen LogP contribution is -2.36. The number of halogens is 1. The van der Waals surface area contributed by atoms with E-state index in [1.165, 1.54) is 34.8 Å². The predicted molar refractivity (Wildman–Crippen MR) is 130 cm³/mol. The van der Waals surface area contributed by atoms with Gasteiger partial charge in [-0.2, -0.15) is 4.31 Å². The maximum absolute atomic E-state index is 14.0. The minimum atomic E-state index is -3.75. The lowest BCUT2D eigenvalue weighted by atomic mass is 10.1. The highest BCUT2D eigenvalue weighted by Crippen LogP contribution is 2.27. The average Bonchev–Trinajstić information content (AvgIpc) is 2.86. The van der Waals surface area contributed by atoms with Crippen LogP contribution in [0.3, 0.4) is 0 Å². The highest BCUT2D eigenvalue weighted by atomic mass is 32.2. The van der Waals surface area contributed by atoms with E-state index in [2.05, 4.69) is 15.6 Å². The van der Waals surface area contributed by atoms with Crippen LogP contribution in [0.4, 0.5) is 15.8 Å². The zero-order valence-electron chi connectivity index (χ0n) is 19.1. The van der Waals surface area contributed by atoms with Crippen molar-refractivity contribution in [1.29, 1.82) is 0 Å². The molecule has 0 bridgehead atoms. The van der Waals surface area contributed by atoms with E-state index >= 15 is 0 Å². The fourth-order valence-electron chi connectivity index (χ4n) is 3.87. The average molecular weight is 497 g/mol. The van der Waals surface area contributed by atoms with E-state index in [1.807, 2.05) is 0 Å². The van der Waals surface area contributed by atoms with Crippen LogP contribution >= 0.6 is 0 Å². The topological polar surface area (TPSA) is 108 Å². The van der Waals surface area contributed by atoms with Crippen LogP contribution in [0, 0.1) is 12.7 Å². The summed E-state index contributed by atoms with van der Waals surface area (Å²) in [4.78, 5) is 29.6. The Bertz CT molecular complexity index is 1360. The molecule has 1 aliphatic heterocycles. The molecule has 10 heteroatoms. The number of pyridine rings is 1. The summed E-state index contributed by atoms with van der Waals surface area (Å²) in [6, 6.07) is 12.8. The number of amides is 2. The Morgan fingerprint density at radius 3 is 2.37 bits per heavy atom. The normalized spacial score (nSPS) is 14.3. The van der Waals surface area contributed by atoms with Crippen molar-refractivity contribution in [2.24, 2.45) is 0 Å². The summed E-state index contributed by atoms with van der Waals surface area (Å²) >= 11 is 0. The number of benzene rings is 2. The molecule has 0 spiro atoms. The monoisotopic (exact) mass is 496 g/mol. The van der Waals surface area contributed by atoms with Gasteiger partial charge in [0.15, 0.2) is 0 Å². The Balaban J connectivity index is 1.59. The smallest absolute Gasteiger partial charge is 0.274 e. The first-order valence-corrected chi connectivity index (χ1v) is 12.6. The van der Waals surface area contributed by atoms with E-state index in [0.717, 1.165) is 31.4 Å². The molecule has 2 amide bonds. The highest BCUT2D eigenvalue weighted by Gasteiger charge is 2.28. The summed E-state index contributed by atoms with van der Waals surface area (Å²) in [5.41, 5.74) is 0.975. The van der Waals surface area contributed by atoms with Gasteiger partial charge in [-0.05, 0) is 67.8 Å². The lowest BCUT2D eigenvalue weighted by Gasteiger charge is -2.26. The number of hydrogen-bond donors (Lipinski definition) is 2. The number of piperidine rings is 1. The molecule has 3 aromatic rings. The first-order valence-electron chi connectivity index (χ1n) is 11.2. The summed E-state index contributed by atoms with van der Waals surface area (Å²) in [7, 11) is -3.75. The quantitative estimate of drug-likeness (QED) is 0.532. The van der Waals surface area contributed by atoms with Crippen molar-refractivity contribution < 1.29 is 22.4 Å². The molecule has 182 valence electrons. The lowest BCUT2D eigenvalue weighted by molar-refractivity contribution is 0.101. The van der Waals surface area contributed by atoms with Crippen molar-refractivity contribution in [1.82, 2.24) is 9.29 Å². The second-order valence-electron chi connectivity index (χ2n) is 8.26. The van der Waals surface area contributed by atoms with Crippen LogP contribution in [0.1, 0.15) is 45.7 Å². The van der Waals surface area contributed by atoms with Crippen molar-refractivity contribution in [3.63, 3.8) is 0 Å². The van der Waals surface area contributed by atoms with E-state index in [9.17, 15) is 22.4 Å². The van der Waals surface area contributed by atoms with Crippen molar-refractivity contribution in [2.45, 2.75) is 31.1 Å². The second kappa shape index (κ2) is 10.3. The number of nitrogens with zero attached hydrogens (tertiary/aromatic N) is 2. The molecule has 0 radical (unpaired) electrons. The summed E-state index contributed by atoms with van der Waals surface area (Å²) < 4.78 is 41.8. The molecule has 2 N–H and O–H groups in total. The van der Waals surface area contributed by atoms with E-state index < -0.39 is 27.7 Å². The van der Waals surface area contributed by atoms with Gasteiger partial charge in [0, 0.05) is 24.8 Å². The molecule has 2 aromatic carbocycles. The maximum Gasteiger partial charge on any atom is 0.274 e. The molecule has 0 atom stereocenters. The molecule has 1 aromatic heterocycles. The predicted octanol–water partition coefficient (Wildman–Crippen LogP) is 4.21. The molecule has 0 aliphatic carbocycles. The van der Waals surface area contributed by atoms with Crippen LogP contribution in [-0.4, -0.2) is 42.6 Å². The van der Waals surface area contributed by atoms with E-state index in [1.54, 1.807) is 25.1 Å². The molecule has 1 aliphatic rings. The number of rotatable bonds is 6. The molecule has 4 rings (SSSR count). The second-order valence-corrected chi connectivity index (χ2v) is 10.2. The number of sulfonamides is 1.